The van der Waals surface area contributed by atoms with Gasteiger partial charge in [-0.15, -0.1) is 0 Å². The average Bonchev–Trinajstić information content (AvgIpc) is 3.09. The van der Waals surface area contributed by atoms with Gasteiger partial charge in [0.05, 0.1) is 13.2 Å². The van der Waals surface area contributed by atoms with E-state index in [2.05, 4.69) is 5.32 Å². The minimum atomic E-state index is -0.977. The number of ether oxygens (including phenoxy) is 2. The molecule has 17 heavy (non-hydrogen) atoms. The quantitative estimate of drug-likeness (QED) is 0.559. The van der Waals surface area contributed by atoms with Crippen molar-refractivity contribution in [2.75, 3.05) is 26.4 Å². The summed E-state index contributed by atoms with van der Waals surface area (Å²) in [5.74, 6) is -1.28. The number of nitrogens with one attached hydrogen (secondary N) is 1. The molecule has 6 nitrogen and oxygen atoms in total. The van der Waals surface area contributed by atoms with Crippen LogP contribution in [0.2, 0.25) is 0 Å². The van der Waals surface area contributed by atoms with E-state index in [4.69, 9.17) is 14.6 Å². The van der Waals surface area contributed by atoms with Crippen molar-refractivity contribution in [3.8, 4) is 0 Å². The lowest BCUT2D eigenvalue weighted by molar-refractivity contribution is -0.143. The van der Waals surface area contributed by atoms with Gasteiger partial charge in [-0.3, -0.25) is 4.79 Å². The summed E-state index contributed by atoms with van der Waals surface area (Å²) in [6.45, 7) is 3.14. The summed E-state index contributed by atoms with van der Waals surface area (Å²) in [5.41, 5.74) is 0. The Bertz CT molecular complexity index is 265. The number of amides is 1. The smallest absolute Gasteiger partial charge is 0.326 e. The number of carbonyl (C=O) groups excluding carboxylic acids is 1. The van der Waals surface area contributed by atoms with Gasteiger partial charge < -0.3 is 19.9 Å². The van der Waals surface area contributed by atoms with E-state index >= 15 is 0 Å². The highest BCUT2D eigenvalue weighted by molar-refractivity contribution is 5.84. The predicted octanol–water partition coefficient (Wildman–Crippen LogP) is 0.0189. The summed E-state index contributed by atoms with van der Waals surface area (Å²) in [7, 11) is 0. The maximum absolute atomic E-state index is 11.4. The monoisotopic (exact) mass is 245 g/mol. The molecule has 0 spiro atoms. The van der Waals surface area contributed by atoms with Gasteiger partial charge in [0.2, 0.25) is 5.91 Å². The molecule has 0 saturated heterocycles. The zero-order chi connectivity index (χ0) is 12.7. The third-order valence-corrected chi connectivity index (χ3v) is 2.49. The zero-order valence-corrected chi connectivity index (χ0v) is 9.98. The van der Waals surface area contributed by atoms with E-state index in [1.807, 2.05) is 6.92 Å². The Balaban J connectivity index is 2.12. The van der Waals surface area contributed by atoms with Crippen molar-refractivity contribution in [1.82, 2.24) is 5.32 Å². The summed E-state index contributed by atoms with van der Waals surface area (Å²) in [6.07, 6.45) is 1.73. The van der Waals surface area contributed by atoms with Crippen LogP contribution in [-0.2, 0) is 19.1 Å². The minimum absolute atomic E-state index is 0.0832. The first-order chi connectivity index (χ1) is 8.15. The molecule has 0 bridgehead atoms. The van der Waals surface area contributed by atoms with Crippen LogP contribution in [0, 0.1) is 5.92 Å². The highest BCUT2D eigenvalue weighted by Crippen LogP contribution is 2.32. The first-order valence-electron chi connectivity index (χ1n) is 5.82. The minimum Gasteiger partial charge on any atom is -0.480 e. The van der Waals surface area contributed by atoms with E-state index in [1.54, 1.807) is 0 Å². The Labute approximate surface area is 100 Å². The van der Waals surface area contributed by atoms with Gasteiger partial charge >= 0.3 is 5.97 Å². The number of rotatable bonds is 9. The van der Waals surface area contributed by atoms with Crippen molar-refractivity contribution in [2.45, 2.75) is 25.8 Å². The summed E-state index contributed by atoms with van der Waals surface area (Å²) < 4.78 is 10.1. The highest BCUT2D eigenvalue weighted by atomic mass is 16.5. The molecule has 0 aromatic rings. The van der Waals surface area contributed by atoms with Gasteiger partial charge in [0.25, 0.3) is 0 Å². The molecule has 0 heterocycles. The fourth-order valence-corrected chi connectivity index (χ4v) is 1.45. The topological polar surface area (TPSA) is 84.9 Å². The molecule has 1 fully saturated rings. The largest absolute Gasteiger partial charge is 0.480 e. The Kier molecular flexibility index (Phi) is 5.93. The van der Waals surface area contributed by atoms with Gasteiger partial charge in [-0.05, 0) is 25.7 Å². The molecule has 2 N–H and O–H groups in total. The number of carbonyl (C=O) groups is 2. The predicted molar refractivity (Wildman–Crippen MR) is 59.6 cm³/mol. The van der Waals surface area contributed by atoms with Crippen molar-refractivity contribution >= 4 is 11.9 Å². The average molecular weight is 245 g/mol. The van der Waals surface area contributed by atoms with Crippen LogP contribution in [0.25, 0.3) is 0 Å². The van der Waals surface area contributed by atoms with Gasteiger partial charge in [-0.1, -0.05) is 0 Å². The van der Waals surface area contributed by atoms with Crippen LogP contribution in [0.5, 0.6) is 0 Å². The zero-order valence-electron chi connectivity index (χ0n) is 9.98. The normalized spacial score (nSPS) is 16.5. The molecule has 0 aliphatic heterocycles. The standard InChI is InChI=1S/C11H19NO5/c1-2-16-5-6-17-7-9(13)12-10(11(14)15)8-3-4-8/h8,10H,2-7H2,1H3,(H,12,13)(H,14,15). The Morgan fingerprint density at radius 3 is 2.53 bits per heavy atom. The molecule has 6 heteroatoms. The van der Waals surface area contributed by atoms with Gasteiger partial charge in [-0.25, -0.2) is 4.79 Å². The summed E-state index contributed by atoms with van der Waals surface area (Å²) in [6, 6.07) is -0.766. The van der Waals surface area contributed by atoms with Gasteiger partial charge in [-0.2, -0.15) is 0 Å². The van der Waals surface area contributed by atoms with Crippen molar-refractivity contribution in [1.29, 1.82) is 0 Å². The van der Waals surface area contributed by atoms with Crippen LogP contribution in [0.15, 0.2) is 0 Å². The van der Waals surface area contributed by atoms with Crippen LogP contribution >= 0.6 is 0 Å². The molecule has 1 aliphatic carbocycles. The number of hydrogen-bond donors (Lipinski definition) is 2. The van der Waals surface area contributed by atoms with Crippen molar-refractivity contribution in [3.63, 3.8) is 0 Å². The lowest BCUT2D eigenvalue weighted by Crippen LogP contribution is -2.44. The Morgan fingerprint density at radius 1 is 1.35 bits per heavy atom. The molecule has 1 amide bonds. The molecule has 0 radical (unpaired) electrons. The fourth-order valence-electron chi connectivity index (χ4n) is 1.45. The van der Waals surface area contributed by atoms with E-state index < -0.39 is 12.0 Å². The summed E-state index contributed by atoms with van der Waals surface area (Å²) in [4.78, 5) is 22.2. The van der Waals surface area contributed by atoms with Crippen molar-refractivity contribution in [2.24, 2.45) is 5.92 Å². The first kappa shape index (κ1) is 13.9. The van der Waals surface area contributed by atoms with E-state index in [0.717, 1.165) is 12.8 Å². The van der Waals surface area contributed by atoms with Gasteiger partial charge in [0.1, 0.15) is 12.6 Å². The molecule has 1 saturated carbocycles. The molecule has 0 aromatic carbocycles. The Morgan fingerprint density at radius 2 is 2.00 bits per heavy atom. The van der Waals surface area contributed by atoms with Gasteiger partial charge in [0.15, 0.2) is 0 Å². The maximum atomic E-state index is 11.4. The molecule has 1 rings (SSSR count). The van der Waals surface area contributed by atoms with Crippen LogP contribution in [0.1, 0.15) is 19.8 Å². The molecule has 1 unspecified atom stereocenters. The van der Waals surface area contributed by atoms with Crippen LogP contribution in [0.4, 0.5) is 0 Å². The second-order valence-electron chi connectivity index (χ2n) is 3.97. The lowest BCUT2D eigenvalue weighted by atomic mass is 10.2. The third kappa shape index (κ3) is 5.65. The number of carboxylic acid groups (broad SMARTS) is 1. The van der Waals surface area contributed by atoms with Crippen molar-refractivity contribution in [3.05, 3.63) is 0 Å². The molecular weight excluding hydrogens is 226 g/mol. The van der Waals surface area contributed by atoms with E-state index in [-0.39, 0.29) is 18.4 Å². The molecule has 1 aliphatic rings. The number of aliphatic carboxylic acids is 1. The SMILES string of the molecule is CCOCCOCC(=O)NC(C(=O)O)C1CC1. The summed E-state index contributed by atoms with van der Waals surface area (Å²) in [5, 5.41) is 11.4. The van der Waals surface area contributed by atoms with E-state index in [1.165, 1.54) is 0 Å². The second-order valence-corrected chi connectivity index (χ2v) is 3.97. The maximum Gasteiger partial charge on any atom is 0.326 e. The number of hydrogen-bond acceptors (Lipinski definition) is 4. The Hall–Kier alpha value is -1.14. The van der Waals surface area contributed by atoms with Gasteiger partial charge in [0, 0.05) is 6.61 Å². The van der Waals surface area contributed by atoms with E-state index in [9.17, 15) is 9.59 Å². The van der Waals surface area contributed by atoms with Crippen LogP contribution in [-0.4, -0.2) is 49.5 Å². The first-order valence-corrected chi connectivity index (χ1v) is 5.82. The summed E-state index contributed by atoms with van der Waals surface area (Å²) >= 11 is 0. The lowest BCUT2D eigenvalue weighted by Gasteiger charge is -2.13. The second kappa shape index (κ2) is 7.24. The highest BCUT2D eigenvalue weighted by Gasteiger charge is 2.37. The van der Waals surface area contributed by atoms with Crippen LogP contribution in [0.3, 0.4) is 0 Å². The molecule has 1 atom stereocenters. The van der Waals surface area contributed by atoms with Crippen LogP contribution < -0.4 is 5.32 Å². The number of carboxylic acids is 1. The van der Waals surface area contributed by atoms with E-state index in [0.29, 0.717) is 19.8 Å². The fraction of sp³-hybridized carbons (Fsp3) is 0.818. The van der Waals surface area contributed by atoms with Crippen molar-refractivity contribution < 1.29 is 24.2 Å². The third-order valence-electron chi connectivity index (χ3n) is 2.49. The molecule has 0 aromatic heterocycles. The molecule has 98 valence electrons. The molecular formula is C11H19NO5.